The Kier molecular flexibility index (Phi) is 4.95. The van der Waals surface area contributed by atoms with Gasteiger partial charge in [0.2, 0.25) is 0 Å². The summed E-state index contributed by atoms with van der Waals surface area (Å²) < 4.78 is 6.98. The Bertz CT molecular complexity index is 359. The van der Waals surface area contributed by atoms with Crippen molar-refractivity contribution in [2.45, 2.75) is 38.4 Å². The fraction of sp³-hybridized carbons (Fsp3) is 0.615. The van der Waals surface area contributed by atoms with Crippen molar-refractivity contribution in [2.24, 2.45) is 11.7 Å². The van der Waals surface area contributed by atoms with Crippen LogP contribution >= 0.6 is 15.9 Å². The topological polar surface area (TPSA) is 48.1 Å². The fourth-order valence-electron chi connectivity index (χ4n) is 2.40. The van der Waals surface area contributed by atoms with Gasteiger partial charge in [-0.1, -0.05) is 12.8 Å². The van der Waals surface area contributed by atoms with E-state index in [1.54, 1.807) is 6.20 Å². The van der Waals surface area contributed by atoms with Crippen molar-refractivity contribution in [2.75, 3.05) is 6.54 Å². The van der Waals surface area contributed by atoms with Crippen molar-refractivity contribution in [1.29, 1.82) is 0 Å². The lowest BCUT2D eigenvalue weighted by atomic mass is 9.86. The van der Waals surface area contributed by atoms with Crippen molar-refractivity contribution < 1.29 is 4.74 Å². The minimum atomic E-state index is 0.327. The monoisotopic (exact) mass is 298 g/mol. The number of aromatic nitrogens is 1. The molecule has 0 bridgehead atoms. The number of ether oxygens (including phenoxy) is 1. The molecule has 0 aliphatic heterocycles. The summed E-state index contributed by atoms with van der Waals surface area (Å²) in [6.07, 6.45) is 8.87. The van der Waals surface area contributed by atoms with Gasteiger partial charge in [0, 0.05) is 16.9 Å². The average Bonchev–Trinajstić information content (AvgIpc) is 2.37. The molecule has 1 aliphatic carbocycles. The van der Waals surface area contributed by atoms with Crippen LogP contribution in [0.4, 0.5) is 0 Å². The predicted molar refractivity (Wildman–Crippen MR) is 71.5 cm³/mol. The van der Waals surface area contributed by atoms with Crippen LogP contribution in [0.15, 0.2) is 22.9 Å². The molecule has 3 nitrogen and oxygen atoms in total. The van der Waals surface area contributed by atoms with Gasteiger partial charge >= 0.3 is 0 Å². The number of hydrogen-bond acceptors (Lipinski definition) is 3. The molecule has 4 heteroatoms. The van der Waals surface area contributed by atoms with Gasteiger partial charge in [0.05, 0.1) is 12.7 Å². The van der Waals surface area contributed by atoms with E-state index in [0.717, 1.165) is 23.0 Å². The van der Waals surface area contributed by atoms with Gasteiger partial charge in [0.25, 0.3) is 0 Å². The second-order valence-corrected chi connectivity index (χ2v) is 5.56. The predicted octanol–water partition coefficient (Wildman–Crippen LogP) is 2.88. The van der Waals surface area contributed by atoms with E-state index in [9.17, 15) is 0 Å². The van der Waals surface area contributed by atoms with Crippen LogP contribution in [0.2, 0.25) is 0 Å². The van der Waals surface area contributed by atoms with Gasteiger partial charge in [0.1, 0.15) is 0 Å². The summed E-state index contributed by atoms with van der Waals surface area (Å²) in [7, 11) is 0. The van der Waals surface area contributed by atoms with Gasteiger partial charge in [-0.15, -0.1) is 0 Å². The van der Waals surface area contributed by atoms with Gasteiger partial charge in [-0.3, -0.25) is 4.98 Å². The maximum absolute atomic E-state index is 5.99. The molecule has 1 aromatic rings. The maximum atomic E-state index is 5.99. The molecule has 2 rings (SSSR count). The third-order valence-electron chi connectivity index (χ3n) is 3.37. The number of halogens is 1. The lowest BCUT2D eigenvalue weighted by Crippen LogP contribution is -2.33. The minimum absolute atomic E-state index is 0.327. The van der Waals surface area contributed by atoms with Gasteiger partial charge in [-0.05, 0) is 52.9 Å². The normalized spacial score (nSPS) is 24.8. The van der Waals surface area contributed by atoms with Crippen molar-refractivity contribution in [3.63, 3.8) is 0 Å². The molecule has 94 valence electrons. The van der Waals surface area contributed by atoms with E-state index in [2.05, 4.69) is 20.9 Å². The van der Waals surface area contributed by atoms with E-state index < -0.39 is 0 Å². The summed E-state index contributed by atoms with van der Waals surface area (Å²) in [5, 5.41) is 0. The van der Waals surface area contributed by atoms with E-state index in [4.69, 9.17) is 10.5 Å². The largest absolute Gasteiger partial charge is 0.373 e. The molecule has 1 aromatic heterocycles. The number of pyridine rings is 1. The summed E-state index contributed by atoms with van der Waals surface area (Å²) in [5.41, 5.74) is 6.90. The Morgan fingerprint density at radius 3 is 2.94 bits per heavy atom. The van der Waals surface area contributed by atoms with Crippen LogP contribution < -0.4 is 5.73 Å². The SMILES string of the molecule is NCC1CCCCC1OCc1cncc(Br)c1. The molecule has 0 radical (unpaired) electrons. The molecule has 0 amide bonds. The zero-order valence-corrected chi connectivity index (χ0v) is 11.5. The molecule has 1 saturated carbocycles. The van der Waals surface area contributed by atoms with Gasteiger partial charge in [0.15, 0.2) is 0 Å². The molecule has 17 heavy (non-hydrogen) atoms. The van der Waals surface area contributed by atoms with E-state index in [1.165, 1.54) is 19.3 Å². The summed E-state index contributed by atoms with van der Waals surface area (Å²) >= 11 is 3.42. The molecule has 0 spiro atoms. The van der Waals surface area contributed by atoms with Crippen molar-refractivity contribution in [3.8, 4) is 0 Å². The summed E-state index contributed by atoms with van der Waals surface area (Å²) in [6, 6.07) is 2.05. The van der Waals surface area contributed by atoms with Crippen LogP contribution in [0.25, 0.3) is 0 Å². The third kappa shape index (κ3) is 3.76. The highest BCUT2D eigenvalue weighted by Crippen LogP contribution is 2.26. The Morgan fingerprint density at radius 2 is 2.18 bits per heavy atom. The van der Waals surface area contributed by atoms with Crippen molar-refractivity contribution in [3.05, 3.63) is 28.5 Å². The van der Waals surface area contributed by atoms with E-state index in [0.29, 0.717) is 18.6 Å². The average molecular weight is 299 g/mol. The highest BCUT2D eigenvalue weighted by Gasteiger charge is 2.24. The molecule has 1 aliphatic rings. The quantitative estimate of drug-likeness (QED) is 0.930. The first-order chi connectivity index (χ1) is 8.29. The smallest absolute Gasteiger partial charge is 0.0736 e. The zero-order chi connectivity index (χ0) is 12.1. The van der Waals surface area contributed by atoms with Crippen LogP contribution in [-0.4, -0.2) is 17.6 Å². The van der Waals surface area contributed by atoms with Gasteiger partial charge in [-0.2, -0.15) is 0 Å². The van der Waals surface area contributed by atoms with Crippen LogP contribution in [0.3, 0.4) is 0 Å². The Labute approximate surface area is 111 Å². The molecule has 0 saturated heterocycles. The number of rotatable bonds is 4. The third-order valence-corrected chi connectivity index (χ3v) is 3.80. The molecule has 2 atom stereocenters. The maximum Gasteiger partial charge on any atom is 0.0736 e. The van der Waals surface area contributed by atoms with E-state index >= 15 is 0 Å². The van der Waals surface area contributed by atoms with Crippen LogP contribution in [0, 0.1) is 5.92 Å². The second kappa shape index (κ2) is 6.47. The number of nitrogens with zero attached hydrogens (tertiary/aromatic N) is 1. The molecule has 0 aromatic carbocycles. The summed E-state index contributed by atoms with van der Waals surface area (Å²) in [5.74, 6) is 0.531. The highest BCUT2D eigenvalue weighted by atomic mass is 79.9. The number of hydrogen-bond donors (Lipinski definition) is 1. The Hall–Kier alpha value is -0.450. The first kappa shape index (κ1) is 13.0. The lowest BCUT2D eigenvalue weighted by Gasteiger charge is -2.30. The standard InChI is InChI=1S/C13H19BrN2O/c14-12-5-10(7-16-8-12)9-17-13-4-2-1-3-11(13)6-15/h5,7-8,11,13H,1-4,6,9,15H2. The minimum Gasteiger partial charge on any atom is -0.373 e. The van der Waals surface area contributed by atoms with Gasteiger partial charge in [-0.25, -0.2) is 0 Å². The van der Waals surface area contributed by atoms with Crippen LogP contribution in [0.5, 0.6) is 0 Å². The zero-order valence-electron chi connectivity index (χ0n) is 9.94. The molecular formula is C13H19BrN2O. The first-order valence-electron chi connectivity index (χ1n) is 6.20. The summed E-state index contributed by atoms with van der Waals surface area (Å²) in [4.78, 5) is 4.14. The van der Waals surface area contributed by atoms with Crippen molar-refractivity contribution in [1.82, 2.24) is 4.98 Å². The van der Waals surface area contributed by atoms with Gasteiger partial charge < -0.3 is 10.5 Å². The fourth-order valence-corrected chi connectivity index (χ4v) is 2.81. The van der Waals surface area contributed by atoms with Crippen LogP contribution in [-0.2, 0) is 11.3 Å². The first-order valence-corrected chi connectivity index (χ1v) is 7.00. The Balaban J connectivity index is 1.88. The van der Waals surface area contributed by atoms with E-state index in [1.807, 2.05) is 12.3 Å². The molecule has 1 fully saturated rings. The lowest BCUT2D eigenvalue weighted by molar-refractivity contribution is -0.0184. The number of nitrogens with two attached hydrogens (primary N) is 1. The van der Waals surface area contributed by atoms with E-state index in [-0.39, 0.29) is 0 Å². The molecule has 2 unspecified atom stereocenters. The Morgan fingerprint density at radius 1 is 1.35 bits per heavy atom. The molecular weight excluding hydrogens is 280 g/mol. The molecule has 2 N–H and O–H groups in total. The summed E-state index contributed by atoms with van der Waals surface area (Å²) in [6.45, 7) is 1.37. The second-order valence-electron chi connectivity index (χ2n) is 4.64. The molecule has 1 heterocycles. The highest BCUT2D eigenvalue weighted by molar-refractivity contribution is 9.10. The van der Waals surface area contributed by atoms with Crippen molar-refractivity contribution >= 4 is 15.9 Å². The van der Waals surface area contributed by atoms with Crippen LogP contribution in [0.1, 0.15) is 31.2 Å².